The molecule has 1 saturated heterocycles. The zero-order valence-corrected chi connectivity index (χ0v) is 14.5. The molecule has 0 spiro atoms. The minimum atomic E-state index is -0.0445. The lowest BCUT2D eigenvalue weighted by atomic mass is 9.79. The molecule has 1 aliphatic rings. The second-order valence-corrected chi connectivity index (χ2v) is 6.34. The summed E-state index contributed by atoms with van der Waals surface area (Å²) in [5, 5.41) is 6.37. The van der Waals surface area contributed by atoms with Crippen molar-refractivity contribution in [3.63, 3.8) is 0 Å². The van der Waals surface area contributed by atoms with Gasteiger partial charge in [0.25, 0.3) is 5.91 Å². The Hall–Kier alpha value is -0.310. The van der Waals surface area contributed by atoms with Gasteiger partial charge in [0.1, 0.15) is 5.69 Å². The van der Waals surface area contributed by atoms with Gasteiger partial charge in [0.05, 0.1) is 6.61 Å². The first-order valence-corrected chi connectivity index (χ1v) is 7.55. The van der Waals surface area contributed by atoms with E-state index in [0.29, 0.717) is 18.8 Å². The van der Waals surface area contributed by atoms with Gasteiger partial charge < -0.3 is 20.4 Å². The molecule has 0 aliphatic carbocycles. The molecule has 7 heteroatoms. The van der Waals surface area contributed by atoms with Crippen LogP contribution in [0.4, 0.5) is 0 Å². The van der Waals surface area contributed by atoms with E-state index in [2.05, 4.69) is 38.2 Å². The Morgan fingerprint density at radius 1 is 1.50 bits per heavy atom. The van der Waals surface area contributed by atoms with Crippen LogP contribution in [0.5, 0.6) is 0 Å². The van der Waals surface area contributed by atoms with Crippen LogP contribution in [0.3, 0.4) is 0 Å². The number of aromatic nitrogens is 1. The molecule has 5 nitrogen and oxygen atoms in total. The maximum atomic E-state index is 12.0. The number of rotatable bonds is 5. The summed E-state index contributed by atoms with van der Waals surface area (Å²) in [6.07, 6.45) is 3.89. The fourth-order valence-corrected chi connectivity index (χ4v) is 2.96. The first-order chi connectivity index (χ1) is 9.15. The van der Waals surface area contributed by atoms with Gasteiger partial charge in [-0.1, -0.05) is 0 Å². The number of carbonyl (C=O) groups excluding carboxylic acids is 1. The molecule has 0 unspecified atom stereocenters. The maximum Gasteiger partial charge on any atom is 0.267 e. The second-order valence-electron chi connectivity index (χ2n) is 5.10. The van der Waals surface area contributed by atoms with Gasteiger partial charge >= 0.3 is 0 Å². The van der Waals surface area contributed by atoms with E-state index < -0.39 is 0 Å². The summed E-state index contributed by atoms with van der Waals surface area (Å²) in [5.41, 5.74) is 0.681. The zero-order chi connectivity index (χ0) is 13.7. The summed E-state index contributed by atoms with van der Waals surface area (Å²) < 4.78 is 6.38. The van der Waals surface area contributed by atoms with E-state index in [9.17, 15) is 4.79 Å². The highest BCUT2D eigenvalue weighted by atomic mass is 127. The Morgan fingerprint density at radius 2 is 2.20 bits per heavy atom. The molecule has 1 aromatic rings. The third-order valence-corrected chi connectivity index (χ3v) is 4.25. The number of nitrogens with one attached hydrogen (secondary N) is 3. The molecular weight excluding hydrogens is 393 g/mol. The summed E-state index contributed by atoms with van der Waals surface area (Å²) in [7, 11) is 1.72. The first-order valence-electron chi connectivity index (χ1n) is 6.47. The number of methoxy groups -OCH3 is 1. The third kappa shape index (κ3) is 4.61. The highest BCUT2D eigenvalue weighted by Gasteiger charge is 2.32. The van der Waals surface area contributed by atoms with Crippen molar-refractivity contribution in [2.24, 2.45) is 5.41 Å². The maximum absolute atomic E-state index is 12.0. The van der Waals surface area contributed by atoms with E-state index in [-0.39, 0.29) is 23.7 Å². The SMILES string of the molecule is COCC1(CNC(=O)c2cc(I)c[nH]2)CCNCC1.Cl. The lowest BCUT2D eigenvalue weighted by molar-refractivity contribution is 0.0511. The summed E-state index contributed by atoms with van der Waals surface area (Å²) in [6, 6.07) is 1.85. The van der Waals surface area contributed by atoms with E-state index >= 15 is 0 Å². The molecule has 1 fully saturated rings. The molecule has 2 heterocycles. The number of amides is 1. The minimum Gasteiger partial charge on any atom is -0.384 e. The van der Waals surface area contributed by atoms with E-state index in [1.807, 2.05) is 12.3 Å². The third-order valence-electron chi connectivity index (χ3n) is 3.63. The molecule has 2 rings (SSSR count). The van der Waals surface area contributed by atoms with Gasteiger partial charge in [-0.25, -0.2) is 0 Å². The zero-order valence-electron chi connectivity index (χ0n) is 11.5. The van der Waals surface area contributed by atoms with Crippen molar-refractivity contribution in [3.05, 3.63) is 21.5 Å². The molecule has 0 saturated carbocycles. The van der Waals surface area contributed by atoms with Crippen LogP contribution >= 0.6 is 35.0 Å². The largest absolute Gasteiger partial charge is 0.384 e. The average molecular weight is 414 g/mol. The Labute approximate surface area is 139 Å². The highest BCUT2D eigenvalue weighted by Crippen LogP contribution is 2.28. The lowest BCUT2D eigenvalue weighted by Gasteiger charge is -2.37. The number of H-pyrrole nitrogens is 1. The molecule has 3 N–H and O–H groups in total. The number of hydrogen-bond donors (Lipinski definition) is 3. The second kappa shape index (κ2) is 8.21. The smallest absolute Gasteiger partial charge is 0.267 e. The molecule has 20 heavy (non-hydrogen) atoms. The van der Waals surface area contributed by atoms with Crippen LogP contribution in [0.25, 0.3) is 0 Å². The van der Waals surface area contributed by atoms with Gasteiger partial charge in [-0.3, -0.25) is 4.79 Å². The minimum absolute atomic E-state index is 0. The number of ether oxygens (including phenoxy) is 1. The van der Waals surface area contributed by atoms with E-state index in [1.165, 1.54) is 0 Å². The van der Waals surface area contributed by atoms with Gasteiger partial charge in [-0.2, -0.15) is 0 Å². The van der Waals surface area contributed by atoms with Crippen molar-refractivity contribution < 1.29 is 9.53 Å². The van der Waals surface area contributed by atoms with Crippen molar-refractivity contribution in [2.45, 2.75) is 12.8 Å². The summed E-state index contributed by atoms with van der Waals surface area (Å²) in [6.45, 7) is 3.33. The topological polar surface area (TPSA) is 66.1 Å². The van der Waals surface area contributed by atoms with Crippen LogP contribution in [0.1, 0.15) is 23.3 Å². The van der Waals surface area contributed by atoms with Crippen LogP contribution in [0.2, 0.25) is 0 Å². The monoisotopic (exact) mass is 413 g/mol. The van der Waals surface area contributed by atoms with Crippen molar-refractivity contribution in [1.29, 1.82) is 0 Å². The standard InChI is InChI=1S/C13H20IN3O2.ClH/c1-19-9-13(2-4-15-5-3-13)8-17-12(18)11-6-10(14)7-16-11;/h6-7,15-16H,2-5,8-9H2,1H3,(H,17,18);1H. The predicted octanol–water partition coefficient (Wildman–Crippen LogP) is 1.79. The molecule has 0 bridgehead atoms. The molecule has 114 valence electrons. The van der Waals surface area contributed by atoms with Crippen LogP contribution in [0, 0.1) is 8.99 Å². The summed E-state index contributed by atoms with van der Waals surface area (Å²) in [4.78, 5) is 15.0. The molecule has 1 aliphatic heterocycles. The molecule has 0 aromatic carbocycles. The molecule has 1 aromatic heterocycles. The van der Waals surface area contributed by atoms with Crippen molar-refractivity contribution in [3.8, 4) is 0 Å². The Balaban J connectivity index is 0.00000200. The Bertz CT molecular complexity index is 427. The molecule has 1 amide bonds. The Kier molecular flexibility index (Phi) is 7.28. The van der Waals surface area contributed by atoms with E-state index in [1.54, 1.807) is 7.11 Å². The van der Waals surface area contributed by atoms with Gasteiger partial charge in [-0.15, -0.1) is 12.4 Å². The van der Waals surface area contributed by atoms with E-state index in [0.717, 1.165) is 29.5 Å². The number of carbonyl (C=O) groups is 1. The van der Waals surface area contributed by atoms with Crippen molar-refractivity contribution >= 4 is 40.9 Å². The lowest BCUT2D eigenvalue weighted by Crippen LogP contribution is -2.47. The molecular formula is C13H21ClIN3O2. The van der Waals surface area contributed by atoms with E-state index in [4.69, 9.17) is 4.74 Å². The van der Waals surface area contributed by atoms with Crippen LogP contribution in [-0.4, -0.2) is 44.2 Å². The number of halogens is 2. The van der Waals surface area contributed by atoms with Crippen LogP contribution in [0.15, 0.2) is 12.3 Å². The fraction of sp³-hybridized carbons (Fsp3) is 0.615. The highest BCUT2D eigenvalue weighted by molar-refractivity contribution is 14.1. The quantitative estimate of drug-likeness (QED) is 0.645. The molecule has 0 radical (unpaired) electrons. The van der Waals surface area contributed by atoms with Crippen LogP contribution in [-0.2, 0) is 4.74 Å². The normalized spacial score (nSPS) is 17.3. The van der Waals surface area contributed by atoms with Gasteiger partial charge in [0.2, 0.25) is 0 Å². The number of hydrogen-bond acceptors (Lipinski definition) is 3. The average Bonchev–Trinajstić information content (AvgIpc) is 2.84. The van der Waals surface area contributed by atoms with Gasteiger partial charge in [-0.05, 0) is 54.6 Å². The summed E-state index contributed by atoms with van der Waals surface area (Å²) >= 11 is 2.18. The number of aromatic amines is 1. The van der Waals surface area contributed by atoms with Crippen LogP contribution < -0.4 is 10.6 Å². The van der Waals surface area contributed by atoms with Gasteiger partial charge in [0.15, 0.2) is 0 Å². The number of piperidine rings is 1. The summed E-state index contributed by atoms with van der Waals surface area (Å²) in [5.74, 6) is -0.0445. The molecule has 0 atom stereocenters. The van der Waals surface area contributed by atoms with Crippen molar-refractivity contribution in [2.75, 3.05) is 33.4 Å². The first kappa shape index (κ1) is 17.7. The predicted molar refractivity (Wildman–Crippen MR) is 89.5 cm³/mol. The fourth-order valence-electron chi connectivity index (χ4n) is 2.50. The Morgan fingerprint density at radius 3 is 2.75 bits per heavy atom. The van der Waals surface area contributed by atoms with Crippen molar-refractivity contribution in [1.82, 2.24) is 15.6 Å². The van der Waals surface area contributed by atoms with Gasteiger partial charge in [0, 0.05) is 28.8 Å².